The third-order valence-corrected chi connectivity index (χ3v) is 2.89. The van der Waals surface area contributed by atoms with Crippen LogP contribution in [-0.4, -0.2) is 0 Å². The molecule has 2 aromatic rings. The van der Waals surface area contributed by atoms with Crippen molar-refractivity contribution >= 4 is 0 Å². The van der Waals surface area contributed by atoms with Crippen LogP contribution in [0.5, 0.6) is 0 Å². The van der Waals surface area contributed by atoms with Crippen molar-refractivity contribution in [3.05, 3.63) is 71.5 Å². The first-order chi connectivity index (χ1) is 8.27. The van der Waals surface area contributed by atoms with Gasteiger partial charge in [0.2, 0.25) is 0 Å². The van der Waals surface area contributed by atoms with E-state index in [4.69, 9.17) is 5.73 Å². The highest BCUT2D eigenvalue weighted by molar-refractivity contribution is 5.21. The average Bonchev–Trinajstić information content (AvgIpc) is 2.38. The Balaban J connectivity index is 1.99. The molecule has 0 fully saturated rings. The molecule has 0 radical (unpaired) electrons. The van der Waals surface area contributed by atoms with Gasteiger partial charge in [0.1, 0.15) is 5.82 Å². The van der Waals surface area contributed by atoms with E-state index in [0.717, 1.165) is 12.8 Å². The minimum atomic E-state index is -0.239. The summed E-state index contributed by atoms with van der Waals surface area (Å²) in [5.41, 5.74) is 7.84. The zero-order valence-electron chi connectivity index (χ0n) is 9.64. The predicted octanol–water partition coefficient (Wildman–Crippen LogP) is 3.46. The zero-order chi connectivity index (χ0) is 12.1. The van der Waals surface area contributed by atoms with E-state index in [1.165, 1.54) is 11.6 Å². The van der Waals surface area contributed by atoms with Crippen molar-refractivity contribution in [1.82, 2.24) is 0 Å². The van der Waals surface area contributed by atoms with E-state index in [-0.39, 0.29) is 11.9 Å². The maximum atomic E-state index is 13.5. The van der Waals surface area contributed by atoms with Crippen LogP contribution < -0.4 is 5.73 Å². The van der Waals surface area contributed by atoms with Crippen molar-refractivity contribution in [3.8, 4) is 0 Å². The third-order valence-electron chi connectivity index (χ3n) is 2.89. The molecule has 1 nitrogen and oxygen atoms in total. The molecule has 2 heteroatoms. The minimum absolute atomic E-state index is 0.215. The highest BCUT2D eigenvalue weighted by atomic mass is 19.1. The first kappa shape index (κ1) is 11.8. The van der Waals surface area contributed by atoms with Gasteiger partial charge in [0.25, 0.3) is 0 Å². The summed E-state index contributed by atoms with van der Waals surface area (Å²) in [6.07, 6.45) is 1.63. The quantitative estimate of drug-likeness (QED) is 0.853. The van der Waals surface area contributed by atoms with Gasteiger partial charge in [0, 0.05) is 11.6 Å². The van der Waals surface area contributed by atoms with Crippen LogP contribution in [0.15, 0.2) is 54.6 Å². The minimum Gasteiger partial charge on any atom is -0.324 e. The van der Waals surface area contributed by atoms with Gasteiger partial charge in [-0.05, 0) is 24.5 Å². The van der Waals surface area contributed by atoms with Gasteiger partial charge in [-0.3, -0.25) is 0 Å². The fraction of sp³-hybridized carbons (Fsp3) is 0.200. The Bertz CT molecular complexity index is 467. The van der Waals surface area contributed by atoms with E-state index in [2.05, 4.69) is 12.1 Å². The summed E-state index contributed by atoms with van der Waals surface area (Å²) in [7, 11) is 0. The molecule has 0 aliphatic heterocycles. The molecule has 2 aromatic carbocycles. The molecule has 0 heterocycles. The largest absolute Gasteiger partial charge is 0.324 e. The van der Waals surface area contributed by atoms with Crippen LogP contribution in [-0.2, 0) is 6.42 Å². The van der Waals surface area contributed by atoms with Gasteiger partial charge in [0.15, 0.2) is 0 Å². The maximum Gasteiger partial charge on any atom is 0.127 e. The van der Waals surface area contributed by atoms with Crippen LogP contribution in [0.25, 0.3) is 0 Å². The van der Waals surface area contributed by atoms with E-state index in [1.54, 1.807) is 12.1 Å². The van der Waals surface area contributed by atoms with Crippen LogP contribution in [0.4, 0.5) is 4.39 Å². The molecular formula is C15H16FN. The van der Waals surface area contributed by atoms with Gasteiger partial charge in [-0.1, -0.05) is 48.5 Å². The van der Waals surface area contributed by atoms with Crippen molar-refractivity contribution in [3.63, 3.8) is 0 Å². The zero-order valence-corrected chi connectivity index (χ0v) is 9.64. The first-order valence-electron chi connectivity index (χ1n) is 5.81. The molecule has 0 aromatic heterocycles. The highest BCUT2D eigenvalue weighted by Crippen LogP contribution is 2.19. The van der Waals surface area contributed by atoms with E-state index in [9.17, 15) is 4.39 Å². The van der Waals surface area contributed by atoms with Gasteiger partial charge in [-0.2, -0.15) is 0 Å². The van der Waals surface area contributed by atoms with Gasteiger partial charge < -0.3 is 5.73 Å². The summed E-state index contributed by atoms with van der Waals surface area (Å²) in [4.78, 5) is 0. The topological polar surface area (TPSA) is 26.0 Å². The molecule has 0 spiro atoms. The summed E-state index contributed by atoms with van der Waals surface area (Å²) in [5, 5.41) is 0. The van der Waals surface area contributed by atoms with Crippen LogP contribution in [0.1, 0.15) is 23.6 Å². The Morgan fingerprint density at radius 1 is 0.941 bits per heavy atom. The number of hydrogen-bond acceptors (Lipinski definition) is 1. The molecule has 88 valence electrons. The van der Waals surface area contributed by atoms with Crippen molar-refractivity contribution < 1.29 is 4.39 Å². The van der Waals surface area contributed by atoms with Crippen molar-refractivity contribution in [1.29, 1.82) is 0 Å². The molecule has 0 saturated carbocycles. The number of hydrogen-bond donors (Lipinski definition) is 1. The lowest BCUT2D eigenvalue weighted by Crippen LogP contribution is -2.13. The summed E-state index contributed by atoms with van der Waals surface area (Å²) < 4.78 is 13.5. The molecule has 1 atom stereocenters. The number of rotatable bonds is 4. The molecule has 2 rings (SSSR count). The number of halogens is 1. The molecule has 0 aliphatic carbocycles. The van der Waals surface area contributed by atoms with E-state index in [1.807, 2.05) is 24.3 Å². The Kier molecular flexibility index (Phi) is 3.89. The Morgan fingerprint density at radius 3 is 2.29 bits per heavy atom. The second-order valence-corrected chi connectivity index (χ2v) is 4.15. The lowest BCUT2D eigenvalue weighted by molar-refractivity contribution is 0.564. The molecule has 0 saturated heterocycles. The summed E-state index contributed by atoms with van der Waals surface area (Å²) in [6, 6.07) is 16.6. The maximum absolute atomic E-state index is 13.5. The fourth-order valence-electron chi connectivity index (χ4n) is 1.90. The van der Waals surface area contributed by atoms with Crippen molar-refractivity contribution in [2.45, 2.75) is 18.9 Å². The molecule has 0 aliphatic rings. The van der Waals surface area contributed by atoms with Crippen LogP contribution in [0.3, 0.4) is 0 Å². The van der Waals surface area contributed by atoms with E-state index < -0.39 is 0 Å². The molecule has 1 unspecified atom stereocenters. The Labute approximate surface area is 101 Å². The second-order valence-electron chi connectivity index (χ2n) is 4.15. The number of benzene rings is 2. The average molecular weight is 229 g/mol. The normalized spacial score (nSPS) is 12.4. The highest BCUT2D eigenvalue weighted by Gasteiger charge is 2.10. The monoisotopic (exact) mass is 229 g/mol. The summed E-state index contributed by atoms with van der Waals surface area (Å²) >= 11 is 0. The van der Waals surface area contributed by atoms with Gasteiger partial charge >= 0.3 is 0 Å². The molecule has 2 N–H and O–H groups in total. The number of nitrogens with two attached hydrogens (primary N) is 1. The van der Waals surface area contributed by atoms with Gasteiger partial charge in [-0.15, -0.1) is 0 Å². The van der Waals surface area contributed by atoms with Crippen LogP contribution in [0.2, 0.25) is 0 Å². The molecular weight excluding hydrogens is 213 g/mol. The molecule has 0 amide bonds. The molecule has 17 heavy (non-hydrogen) atoms. The lowest BCUT2D eigenvalue weighted by atomic mass is 9.99. The second kappa shape index (κ2) is 5.60. The van der Waals surface area contributed by atoms with Crippen LogP contribution >= 0.6 is 0 Å². The van der Waals surface area contributed by atoms with Crippen molar-refractivity contribution in [2.24, 2.45) is 5.73 Å². The number of aryl methyl sites for hydroxylation is 1. The SMILES string of the molecule is NC(CCc1ccccc1)c1ccccc1F. The Morgan fingerprint density at radius 2 is 1.59 bits per heavy atom. The first-order valence-corrected chi connectivity index (χ1v) is 5.81. The molecule has 0 bridgehead atoms. The summed E-state index contributed by atoms with van der Waals surface area (Å²) in [5.74, 6) is -0.215. The Hall–Kier alpha value is -1.67. The predicted molar refractivity (Wildman–Crippen MR) is 68.1 cm³/mol. The summed E-state index contributed by atoms with van der Waals surface area (Å²) in [6.45, 7) is 0. The van der Waals surface area contributed by atoms with Crippen LogP contribution in [0, 0.1) is 5.82 Å². The standard InChI is InChI=1S/C15H16FN/c16-14-9-5-4-8-13(14)15(17)11-10-12-6-2-1-3-7-12/h1-9,15H,10-11,17H2. The third kappa shape index (κ3) is 3.14. The fourth-order valence-corrected chi connectivity index (χ4v) is 1.90. The van der Waals surface area contributed by atoms with Gasteiger partial charge in [0.05, 0.1) is 0 Å². The smallest absolute Gasteiger partial charge is 0.127 e. The van der Waals surface area contributed by atoms with E-state index >= 15 is 0 Å². The van der Waals surface area contributed by atoms with E-state index in [0.29, 0.717) is 5.56 Å². The van der Waals surface area contributed by atoms with Crippen molar-refractivity contribution in [2.75, 3.05) is 0 Å². The lowest BCUT2D eigenvalue weighted by Gasteiger charge is -2.12. The van der Waals surface area contributed by atoms with Gasteiger partial charge in [-0.25, -0.2) is 4.39 Å².